The molecule has 0 spiro atoms. The van der Waals surface area contributed by atoms with Gasteiger partial charge in [-0.3, -0.25) is 10.1 Å². The Morgan fingerprint density at radius 3 is 2.21 bits per heavy atom. The SMILES string of the molecule is O=[N+]([O-])c1cccc(/C=C/C=C\c2ccc(S(=O)(=O)F)c(Cl)c2)c1. The molecular weight excluding hydrogens is 357 g/mol. The molecule has 0 heterocycles. The molecule has 0 saturated carbocycles. The Hall–Kier alpha value is -2.51. The van der Waals surface area contributed by atoms with E-state index in [1.54, 1.807) is 36.4 Å². The van der Waals surface area contributed by atoms with Crippen molar-refractivity contribution in [3.05, 3.63) is 80.9 Å². The maximum absolute atomic E-state index is 12.9. The quantitative estimate of drug-likeness (QED) is 0.334. The molecule has 2 aromatic carbocycles. The molecule has 0 aliphatic heterocycles. The molecule has 0 amide bonds. The number of non-ortho nitro benzene ring substituents is 1. The van der Waals surface area contributed by atoms with Gasteiger partial charge in [0.1, 0.15) is 4.90 Å². The summed E-state index contributed by atoms with van der Waals surface area (Å²) < 4.78 is 34.6. The van der Waals surface area contributed by atoms with Crippen LogP contribution in [0.1, 0.15) is 11.1 Å². The van der Waals surface area contributed by atoms with Gasteiger partial charge in [-0.25, -0.2) is 0 Å². The molecule has 0 radical (unpaired) electrons. The van der Waals surface area contributed by atoms with Crippen molar-refractivity contribution in [3.8, 4) is 0 Å². The van der Waals surface area contributed by atoms with Crippen LogP contribution in [-0.4, -0.2) is 13.3 Å². The Morgan fingerprint density at radius 1 is 1.04 bits per heavy atom. The first kappa shape index (κ1) is 17.8. The number of rotatable bonds is 5. The summed E-state index contributed by atoms with van der Waals surface area (Å²) in [6, 6.07) is 9.95. The van der Waals surface area contributed by atoms with Crippen LogP contribution in [0.4, 0.5) is 9.57 Å². The molecule has 0 N–H and O–H groups in total. The molecule has 2 aromatic rings. The van der Waals surface area contributed by atoms with E-state index in [1.165, 1.54) is 24.3 Å². The number of benzene rings is 2. The average Bonchev–Trinajstić information content (AvgIpc) is 2.50. The summed E-state index contributed by atoms with van der Waals surface area (Å²) in [7, 11) is -4.85. The van der Waals surface area contributed by atoms with Gasteiger partial charge in [-0.05, 0) is 23.3 Å². The molecule has 0 bridgehead atoms. The highest BCUT2D eigenvalue weighted by molar-refractivity contribution is 7.86. The van der Waals surface area contributed by atoms with Gasteiger partial charge in [-0.15, -0.1) is 3.89 Å². The van der Waals surface area contributed by atoms with Gasteiger partial charge in [-0.2, -0.15) is 8.42 Å². The highest BCUT2D eigenvalue weighted by Crippen LogP contribution is 2.24. The second-order valence-electron chi connectivity index (χ2n) is 4.70. The van der Waals surface area contributed by atoms with E-state index in [1.807, 2.05) is 0 Å². The van der Waals surface area contributed by atoms with Crippen LogP contribution >= 0.6 is 11.6 Å². The van der Waals surface area contributed by atoms with Crippen LogP contribution in [0.25, 0.3) is 12.2 Å². The maximum Gasteiger partial charge on any atom is 0.333 e. The van der Waals surface area contributed by atoms with Crippen molar-refractivity contribution < 1.29 is 17.2 Å². The molecule has 0 fully saturated rings. The summed E-state index contributed by atoms with van der Waals surface area (Å²) in [5, 5.41) is 10.5. The van der Waals surface area contributed by atoms with Crippen molar-refractivity contribution in [1.29, 1.82) is 0 Å². The van der Waals surface area contributed by atoms with Crippen molar-refractivity contribution in [2.24, 2.45) is 0 Å². The number of halogens is 2. The lowest BCUT2D eigenvalue weighted by Crippen LogP contribution is -1.93. The van der Waals surface area contributed by atoms with Crippen LogP contribution in [0.5, 0.6) is 0 Å². The summed E-state index contributed by atoms with van der Waals surface area (Å²) in [4.78, 5) is 9.63. The Kier molecular flexibility index (Phi) is 5.48. The van der Waals surface area contributed by atoms with E-state index in [0.29, 0.717) is 11.1 Å². The van der Waals surface area contributed by atoms with Crippen molar-refractivity contribution in [3.63, 3.8) is 0 Å². The summed E-state index contributed by atoms with van der Waals surface area (Å²) in [6.45, 7) is 0. The van der Waals surface area contributed by atoms with E-state index >= 15 is 0 Å². The molecule has 2 rings (SSSR count). The van der Waals surface area contributed by atoms with Crippen molar-refractivity contribution >= 4 is 39.7 Å². The fourth-order valence-electron chi connectivity index (χ4n) is 1.89. The fourth-order valence-corrected chi connectivity index (χ4v) is 2.88. The second kappa shape index (κ2) is 7.37. The molecule has 0 aliphatic carbocycles. The van der Waals surface area contributed by atoms with Crippen molar-refractivity contribution in [1.82, 2.24) is 0 Å². The molecule has 0 aliphatic rings. The van der Waals surface area contributed by atoms with Gasteiger partial charge in [0.15, 0.2) is 0 Å². The Labute approximate surface area is 143 Å². The minimum atomic E-state index is -4.85. The van der Waals surface area contributed by atoms with Gasteiger partial charge >= 0.3 is 10.2 Å². The molecule has 0 unspecified atom stereocenters. The molecule has 0 aromatic heterocycles. The third kappa shape index (κ3) is 4.74. The first-order valence-electron chi connectivity index (χ1n) is 6.61. The summed E-state index contributed by atoms with van der Waals surface area (Å²) >= 11 is 5.73. The van der Waals surface area contributed by atoms with E-state index in [0.717, 1.165) is 6.07 Å². The predicted octanol–water partition coefficient (Wildman–Crippen LogP) is 4.63. The Morgan fingerprint density at radius 2 is 1.67 bits per heavy atom. The second-order valence-corrected chi connectivity index (χ2v) is 6.42. The zero-order valence-corrected chi connectivity index (χ0v) is 13.7. The normalized spacial score (nSPS) is 12.1. The highest BCUT2D eigenvalue weighted by Gasteiger charge is 2.15. The Bertz CT molecular complexity index is 939. The minimum absolute atomic E-state index is 0.00377. The van der Waals surface area contributed by atoms with Gasteiger partial charge in [0.2, 0.25) is 0 Å². The largest absolute Gasteiger partial charge is 0.333 e. The number of hydrogen-bond acceptors (Lipinski definition) is 4. The van der Waals surface area contributed by atoms with E-state index in [2.05, 4.69) is 0 Å². The van der Waals surface area contributed by atoms with E-state index < -0.39 is 20.0 Å². The van der Waals surface area contributed by atoms with Gasteiger partial charge in [0, 0.05) is 12.1 Å². The van der Waals surface area contributed by atoms with E-state index in [4.69, 9.17) is 11.6 Å². The predicted molar refractivity (Wildman–Crippen MR) is 90.9 cm³/mol. The molecule has 5 nitrogen and oxygen atoms in total. The van der Waals surface area contributed by atoms with Gasteiger partial charge < -0.3 is 0 Å². The minimum Gasteiger partial charge on any atom is -0.258 e. The van der Waals surface area contributed by atoms with Gasteiger partial charge in [-0.1, -0.05) is 54.1 Å². The van der Waals surface area contributed by atoms with Crippen LogP contribution in [0.3, 0.4) is 0 Å². The summed E-state index contributed by atoms with van der Waals surface area (Å²) in [5.41, 5.74) is 1.23. The smallest absolute Gasteiger partial charge is 0.258 e. The van der Waals surface area contributed by atoms with Gasteiger partial charge in [0.05, 0.1) is 9.95 Å². The number of allylic oxidation sites excluding steroid dienone is 2. The fraction of sp³-hybridized carbons (Fsp3) is 0. The molecule has 0 atom stereocenters. The topological polar surface area (TPSA) is 77.3 Å². The van der Waals surface area contributed by atoms with Crippen LogP contribution in [0, 0.1) is 10.1 Å². The monoisotopic (exact) mass is 367 g/mol. The van der Waals surface area contributed by atoms with E-state index in [9.17, 15) is 22.4 Å². The average molecular weight is 368 g/mol. The highest BCUT2D eigenvalue weighted by atomic mass is 35.5. The lowest BCUT2D eigenvalue weighted by molar-refractivity contribution is -0.384. The van der Waals surface area contributed by atoms with Crippen LogP contribution in [0.15, 0.2) is 59.5 Å². The zero-order valence-electron chi connectivity index (χ0n) is 12.1. The molecular formula is C16H11ClFNO4S. The zero-order chi connectivity index (χ0) is 17.7. The number of nitro benzene ring substituents is 1. The lowest BCUT2D eigenvalue weighted by atomic mass is 10.1. The van der Waals surface area contributed by atoms with E-state index in [-0.39, 0.29) is 10.7 Å². The number of hydrogen-bond donors (Lipinski definition) is 0. The summed E-state index contributed by atoms with van der Waals surface area (Å²) in [6.07, 6.45) is 6.61. The first-order chi connectivity index (χ1) is 11.3. The summed E-state index contributed by atoms with van der Waals surface area (Å²) in [5.74, 6) is 0. The standard InChI is InChI=1S/C16H11ClFNO4S/c17-15-11-13(8-9-16(15)24(18,22)23)5-2-1-4-12-6-3-7-14(10-12)19(20)21/h1-11H/b4-1+,5-2-. The maximum atomic E-state index is 12.9. The van der Waals surface area contributed by atoms with Crippen molar-refractivity contribution in [2.45, 2.75) is 4.90 Å². The first-order valence-corrected chi connectivity index (χ1v) is 8.37. The lowest BCUT2D eigenvalue weighted by Gasteiger charge is -2.00. The molecule has 8 heteroatoms. The Balaban J connectivity index is 2.13. The van der Waals surface area contributed by atoms with Crippen LogP contribution in [-0.2, 0) is 10.2 Å². The van der Waals surface area contributed by atoms with Gasteiger partial charge in [0.25, 0.3) is 5.69 Å². The van der Waals surface area contributed by atoms with Crippen molar-refractivity contribution in [2.75, 3.05) is 0 Å². The third-order valence-corrected chi connectivity index (χ3v) is 4.29. The molecule has 24 heavy (non-hydrogen) atoms. The van der Waals surface area contributed by atoms with Crippen LogP contribution in [0.2, 0.25) is 5.02 Å². The number of nitro groups is 1. The molecule has 0 saturated heterocycles. The van der Waals surface area contributed by atoms with Crippen LogP contribution < -0.4 is 0 Å². The third-order valence-electron chi connectivity index (χ3n) is 2.99. The molecule has 124 valence electrons. The number of nitrogens with zero attached hydrogens (tertiary/aromatic N) is 1.